The molecule has 6 heteroatoms. The van der Waals surface area contributed by atoms with E-state index in [-0.39, 0.29) is 11.7 Å². The molecule has 1 fully saturated rings. The lowest BCUT2D eigenvalue weighted by atomic mass is 10.1. The first-order valence-corrected chi connectivity index (χ1v) is 7.75. The third kappa shape index (κ3) is 3.38. The van der Waals surface area contributed by atoms with Crippen LogP contribution in [0.3, 0.4) is 0 Å². The Labute approximate surface area is 139 Å². The van der Waals surface area contributed by atoms with Crippen LogP contribution in [-0.2, 0) is 0 Å². The zero-order valence-electron chi connectivity index (χ0n) is 13.1. The molecule has 1 amide bonds. The summed E-state index contributed by atoms with van der Waals surface area (Å²) in [6, 6.07) is 11.8. The van der Waals surface area contributed by atoms with Gasteiger partial charge in [-0.2, -0.15) is 0 Å². The summed E-state index contributed by atoms with van der Waals surface area (Å²) in [6.07, 6.45) is 1.32. The molecule has 2 aromatic carbocycles. The number of rotatable bonds is 4. The van der Waals surface area contributed by atoms with E-state index < -0.39 is 6.10 Å². The minimum absolute atomic E-state index is 0.0931. The van der Waals surface area contributed by atoms with Crippen molar-refractivity contribution in [1.29, 1.82) is 5.41 Å². The van der Waals surface area contributed by atoms with E-state index in [9.17, 15) is 15.0 Å². The maximum atomic E-state index is 12.5. The first-order valence-electron chi connectivity index (χ1n) is 7.75. The largest absolute Gasteiger partial charge is 0.508 e. The molecule has 6 nitrogen and oxygen atoms in total. The summed E-state index contributed by atoms with van der Waals surface area (Å²) >= 11 is 0. The summed E-state index contributed by atoms with van der Waals surface area (Å²) in [5.74, 6) is -0.0104. The standard InChI is InChI=1S/C18H19N3O3/c19-10-13-9-15(22)4-5-17(13)20-14-3-1-2-12(8-14)18(24)21-7-6-16(23)11-21/h1-5,8-10,16,19-20,22-23H,6-7,11H2. The van der Waals surface area contributed by atoms with Gasteiger partial charge in [0.05, 0.1) is 6.10 Å². The SMILES string of the molecule is N=Cc1cc(O)ccc1Nc1cccc(C(=O)N2CCC(O)C2)c1. The van der Waals surface area contributed by atoms with E-state index in [2.05, 4.69) is 5.32 Å². The minimum Gasteiger partial charge on any atom is -0.508 e. The van der Waals surface area contributed by atoms with Gasteiger partial charge in [-0.3, -0.25) is 4.79 Å². The number of aliphatic hydroxyl groups is 1. The molecule has 0 aromatic heterocycles. The molecule has 1 saturated heterocycles. The molecule has 0 bridgehead atoms. The van der Waals surface area contributed by atoms with Gasteiger partial charge in [0.2, 0.25) is 0 Å². The first kappa shape index (κ1) is 16.0. The second-order valence-corrected chi connectivity index (χ2v) is 5.82. The number of β-amino-alcohol motifs (C(OH)–C–C–N with tert-alkyl or cyclic N) is 1. The average molecular weight is 325 g/mol. The molecule has 0 spiro atoms. The van der Waals surface area contributed by atoms with Gasteiger partial charge in [0.15, 0.2) is 0 Å². The Kier molecular flexibility index (Phi) is 4.48. The molecule has 124 valence electrons. The Hall–Kier alpha value is -2.86. The van der Waals surface area contributed by atoms with Gasteiger partial charge in [-0.05, 0) is 42.8 Å². The number of carbonyl (C=O) groups is 1. The van der Waals surface area contributed by atoms with Crippen LogP contribution in [0, 0.1) is 5.41 Å². The average Bonchev–Trinajstić information content (AvgIpc) is 3.02. The molecule has 2 aromatic rings. The summed E-state index contributed by atoms with van der Waals surface area (Å²) in [4.78, 5) is 14.1. The highest BCUT2D eigenvalue weighted by molar-refractivity contribution is 5.96. The highest BCUT2D eigenvalue weighted by Crippen LogP contribution is 2.24. The number of phenolic OH excluding ortho intramolecular Hbond substituents is 1. The lowest BCUT2D eigenvalue weighted by Gasteiger charge is -2.16. The molecule has 3 rings (SSSR count). The Morgan fingerprint density at radius 3 is 2.83 bits per heavy atom. The summed E-state index contributed by atoms with van der Waals surface area (Å²) < 4.78 is 0. The topological polar surface area (TPSA) is 96.7 Å². The second kappa shape index (κ2) is 6.72. The summed E-state index contributed by atoms with van der Waals surface area (Å²) in [6.45, 7) is 0.931. The normalized spacial score (nSPS) is 16.9. The van der Waals surface area contributed by atoms with Gasteiger partial charge in [0, 0.05) is 41.8 Å². The van der Waals surface area contributed by atoms with Crippen LogP contribution >= 0.6 is 0 Å². The lowest BCUT2D eigenvalue weighted by Crippen LogP contribution is -2.29. The van der Waals surface area contributed by atoms with Gasteiger partial charge in [-0.1, -0.05) is 6.07 Å². The number of phenols is 1. The van der Waals surface area contributed by atoms with Crippen LogP contribution in [0.1, 0.15) is 22.3 Å². The van der Waals surface area contributed by atoms with Crippen molar-refractivity contribution in [3.05, 3.63) is 53.6 Å². The monoisotopic (exact) mass is 325 g/mol. The van der Waals surface area contributed by atoms with Crippen LogP contribution in [-0.4, -0.2) is 46.4 Å². The molecular formula is C18H19N3O3. The van der Waals surface area contributed by atoms with Crippen LogP contribution < -0.4 is 5.32 Å². The predicted molar refractivity (Wildman–Crippen MR) is 92.2 cm³/mol. The Morgan fingerprint density at radius 2 is 2.12 bits per heavy atom. The van der Waals surface area contributed by atoms with Crippen molar-refractivity contribution in [1.82, 2.24) is 4.90 Å². The van der Waals surface area contributed by atoms with Crippen molar-refractivity contribution < 1.29 is 15.0 Å². The molecule has 1 heterocycles. The highest BCUT2D eigenvalue weighted by Gasteiger charge is 2.25. The van der Waals surface area contributed by atoms with Crippen molar-refractivity contribution in [3.63, 3.8) is 0 Å². The van der Waals surface area contributed by atoms with Crippen molar-refractivity contribution in [2.75, 3.05) is 18.4 Å². The maximum Gasteiger partial charge on any atom is 0.254 e. The third-order valence-corrected chi connectivity index (χ3v) is 4.03. The number of amides is 1. The van der Waals surface area contributed by atoms with Crippen molar-refractivity contribution >= 4 is 23.5 Å². The number of nitrogens with one attached hydrogen (secondary N) is 2. The number of aromatic hydroxyl groups is 1. The van der Waals surface area contributed by atoms with Crippen molar-refractivity contribution in [2.24, 2.45) is 0 Å². The van der Waals surface area contributed by atoms with Gasteiger partial charge < -0.3 is 25.8 Å². The lowest BCUT2D eigenvalue weighted by molar-refractivity contribution is 0.0765. The van der Waals surface area contributed by atoms with Crippen molar-refractivity contribution in [2.45, 2.75) is 12.5 Å². The minimum atomic E-state index is -0.442. The van der Waals surface area contributed by atoms with Crippen LogP contribution in [0.25, 0.3) is 0 Å². The maximum absolute atomic E-state index is 12.5. The molecule has 1 atom stereocenters. The van der Waals surface area contributed by atoms with Gasteiger partial charge in [0.1, 0.15) is 5.75 Å². The number of anilines is 2. The van der Waals surface area contributed by atoms with Gasteiger partial charge in [-0.25, -0.2) is 0 Å². The number of hydrogen-bond acceptors (Lipinski definition) is 5. The number of aliphatic hydroxyl groups excluding tert-OH is 1. The molecule has 1 aliphatic rings. The molecule has 0 aliphatic carbocycles. The Morgan fingerprint density at radius 1 is 1.29 bits per heavy atom. The Balaban J connectivity index is 1.81. The zero-order valence-corrected chi connectivity index (χ0v) is 13.1. The molecule has 1 unspecified atom stereocenters. The fourth-order valence-electron chi connectivity index (χ4n) is 2.78. The summed E-state index contributed by atoms with van der Waals surface area (Å²) in [5, 5.41) is 29.7. The van der Waals surface area contributed by atoms with Crippen LogP contribution in [0.15, 0.2) is 42.5 Å². The Bertz CT molecular complexity index is 776. The molecule has 4 N–H and O–H groups in total. The highest BCUT2D eigenvalue weighted by atomic mass is 16.3. The van der Waals surface area contributed by atoms with E-state index in [0.29, 0.717) is 36.3 Å². The first-order chi connectivity index (χ1) is 11.6. The fraction of sp³-hybridized carbons (Fsp3) is 0.222. The molecule has 1 aliphatic heterocycles. The smallest absolute Gasteiger partial charge is 0.254 e. The van der Waals surface area contributed by atoms with Crippen LogP contribution in [0.5, 0.6) is 5.75 Å². The number of benzene rings is 2. The fourth-order valence-corrected chi connectivity index (χ4v) is 2.78. The van der Waals surface area contributed by atoms with Crippen molar-refractivity contribution in [3.8, 4) is 5.75 Å². The number of likely N-dealkylation sites (tertiary alicyclic amines) is 1. The molecule has 0 saturated carbocycles. The van der Waals surface area contributed by atoms with E-state index >= 15 is 0 Å². The number of nitrogens with zero attached hydrogens (tertiary/aromatic N) is 1. The molecule has 24 heavy (non-hydrogen) atoms. The predicted octanol–water partition coefficient (Wildman–Crippen LogP) is 2.34. The number of carbonyl (C=O) groups excluding carboxylic acids is 1. The van der Waals surface area contributed by atoms with E-state index in [0.717, 1.165) is 11.9 Å². The second-order valence-electron chi connectivity index (χ2n) is 5.82. The van der Waals surface area contributed by atoms with E-state index in [4.69, 9.17) is 5.41 Å². The van der Waals surface area contributed by atoms with E-state index in [1.54, 1.807) is 29.2 Å². The third-order valence-electron chi connectivity index (χ3n) is 4.03. The summed E-state index contributed by atoms with van der Waals surface area (Å²) in [7, 11) is 0. The number of hydrogen-bond donors (Lipinski definition) is 4. The van der Waals surface area contributed by atoms with Crippen LogP contribution in [0.2, 0.25) is 0 Å². The quantitative estimate of drug-likeness (QED) is 0.512. The zero-order chi connectivity index (χ0) is 17.1. The van der Waals surface area contributed by atoms with Gasteiger partial charge >= 0.3 is 0 Å². The van der Waals surface area contributed by atoms with E-state index in [1.165, 1.54) is 12.1 Å². The van der Waals surface area contributed by atoms with Gasteiger partial charge in [-0.15, -0.1) is 0 Å². The van der Waals surface area contributed by atoms with E-state index in [1.807, 2.05) is 6.07 Å². The van der Waals surface area contributed by atoms with Gasteiger partial charge in [0.25, 0.3) is 5.91 Å². The van der Waals surface area contributed by atoms with Crippen LogP contribution in [0.4, 0.5) is 11.4 Å². The summed E-state index contributed by atoms with van der Waals surface area (Å²) in [5.41, 5.74) is 2.48. The molecular weight excluding hydrogens is 306 g/mol. The molecule has 0 radical (unpaired) electrons.